The summed E-state index contributed by atoms with van der Waals surface area (Å²) in [5.41, 5.74) is 7.10. The first-order valence-electron chi connectivity index (χ1n) is 3.57. The lowest BCUT2D eigenvalue weighted by atomic mass is 10.2. The standard InChI is InChI=1S/C7H8N4O3/c8-6(10-13)4-1-2-5(9-3-4)7(12)11-14/h1-3,13-14H,(H2,8,10)(H,11,12). The number of pyridine rings is 1. The number of carbonyl (C=O) groups is 1. The van der Waals surface area contributed by atoms with Crippen molar-refractivity contribution in [2.45, 2.75) is 0 Å². The highest BCUT2D eigenvalue weighted by Gasteiger charge is 2.06. The third kappa shape index (κ3) is 1.96. The van der Waals surface area contributed by atoms with Crippen molar-refractivity contribution in [3.8, 4) is 0 Å². The second kappa shape index (κ2) is 4.19. The molecule has 0 aliphatic heterocycles. The first-order valence-corrected chi connectivity index (χ1v) is 3.57. The predicted molar refractivity (Wildman–Crippen MR) is 46.0 cm³/mol. The zero-order chi connectivity index (χ0) is 10.6. The van der Waals surface area contributed by atoms with Crippen molar-refractivity contribution in [3.63, 3.8) is 0 Å². The Balaban J connectivity index is 2.95. The molecule has 1 heterocycles. The number of nitrogens with two attached hydrogens (primary N) is 1. The molecule has 14 heavy (non-hydrogen) atoms. The van der Waals surface area contributed by atoms with Gasteiger partial charge in [0.25, 0.3) is 5.91 Å². The normalized spacial score (nSPS) is 11.1. The molecule has 0 saturated carbocycles. The van der Waals surface area contributed by atoms with Gasteiger partial charge in [-0.3, -0.25) is 15.0 Å². The summed E-state index contributed by atoms with van der Waals surface area (Å²) in [6.07, 6.45) is 1.25. The van der Waals surface area contributed by atoms with Gasteiger partial charge in [0, 0.05) is 11.8 Å². The Bertz CT molecular complexity index is 360. The molecule has 5 N–H and O–H groups in total. The van der Waals surface area contributed by atoms with Crippen LogP contribution in [0.5, 0.6) is 0 Å². The van der Waals surface area contributed by atoms with Crippen LogP contribution in [0.1, 0.15) is 16.1 Å². The van der Waals surface area contributed by atoms with Crippen LogP contribution in [-0.4, -0.2) is 27.1 Å². The van der Waals surface area contributed by atoms with Crippen molar-refractivity contribution < 1.29 is 15.2 Å². The summed E-state index contributed by atoms with van der Waals surface area (Å²) in [5, 5.41) is 19.4. The summed E-state index contributed by atoms with van der Waals surface area (Å²) < 4.78 is 0. The highest BCUT2D eigenvalue weighted by atomic mass is 16.5. The summed E-state index contributed by atoms with van der Waals surface area (Å²) in [4.78, 5) is 14.5. The monoisotopic (exact) mass is 196 g/mol. The summed E-state index contributed by atoms with van der Waals surface area (Å²) in [7, 11) is 0. The van der Waals surface area contributed by atoms with Crippen LogP contribution in [0.4, 0.5) is 0 Å². The number of nitrogens with one attached hydrogen (secondary N) is 1. The molecule has 0 aliphatic carbocycles. The number of oxime groups is 1. The van der Waals surface area contributed by atoms with E-state index in [-0.39, 0.29) is 11.5 Å². The smallest absolute Gasteiger partial charge is 0.293 e. The van der Waals surface area contributed by atoms with E-state index < -0.39 is 5.91 Å². The Morgan fingerprint density at radius 3 is 2.71 bits per heavy atom. The van der Waals surface area contributed by atoms with Crippen LogP contribution in [0.15, 0.2) is 23.5 Å². The van der Waals surface area contributed by atoms with Gasteiger partial charge in [0.05, 0.1) is 0 Å². The predicted octanol–water partition coefficient (Wildman–Crippen LogP) is -0.705. The fourth-order valence-corrected chi connectivity index (χ4v) is 0.795. The molecular formula is C7H8N4O3. The number of hydrogen-bond acceptors (Lipinski definition) is 5. The quantitative estimate of drug-likeness (QED) is 0.164. The van der Waals surface area contributed by atoms with E-state index >= 15 is 0 Å². The van der Waals surface area contributed by atoms with Crippen molar-refractivity contribution in [2.24, 2.45) is 10.9 Å². The molecule has 1 aromatic heterocycles. The van der Waals surface area contributed by atoms with Crippen LogP contribution in [0.3, 0.4) is 0 Å². The van der Waals surface area contributed by atoms with E-state index in [1.54, 1.807) is 0 Å². The first kappa shape index (κ1) is 9.93. The van der Waals surface area contributed by atoms with Crippen molar-refractivity contribution in [3.05, 3.63) is 29.6 Å². The number of carbonyl (C=O) groups excluding carboxylic acids is 1. The van der Waals surface area contributed by atoms with Gasteiger partial charge in [0.1, 0.15) is 5.69 Å². The maximum absolute atomic E-state index is 10.8. The molecule has 7 nitrogen and oxygen atoms in total. The second-order valence-electron chi connectivity index (χ2n) is 2.36. The molecule has 0 radical (unpaired) electrons. The number of amidine groups is 1. The fourth-order valence-electron chi connectivity index (χ4n) is 0.795. The van der Waals surface area contributed by atoms with Gasteiger partial charge >= 0.3 is 0 Å². The third-order valence-electron chi connectivity index (χ3n) is 1.50. The van der Waals surface area contributed by atoms with Crippen LogP contribution in [0, 0.1) is 0 Å². The Labute approximate surface area is 78.8 Å². The van der Waals surface area contributed by atoms with Crippen molar-refractivity contribution in [1.82, 2.24) is 10.5 Å². The maximum atomic E-state index is 10.8. The topological polar surface area (TPSA) is 121 Å². The van der Waals surface area contributed by atoms with Crippen LogP contribution in [-0.2, 0) is 0 Å². The summed E-state index contributed by atoms with van der Waals surface area (Å²) in [6.45, 7) is 0. The number of hydroxylamine groups is 1. The van der Waals surface area contributed by atoms with Crippen molar-refractivity contribution >= 4 is 11.7 Å². The van der Waals surface area contributed by atoms with Gasteiger partial charge in [-0.15, -0.1) is 0 Å². The average Bonchev–Trinajstić information content (AvgIpc) is 2.27. The zero-order valence-electron chi connectivity index (χ0n) is 7.01. The summed E-state index contributed by atoms with van der Waals surface area (Å²) in [5.74, 6) is -0.829. The summed E-state index contributed by atoms with van der Waals surface area (Å²) in [6, 6.07) is 2.77. The van der Waals surface area contributed by atoms with E-state index in [9.17, 15) is 4.79 Å². The summed E-state index contributed by atoms with van der Waals surface area (Å²) >= 11 is 0. The van der Waals surface area contributed by atoms with E-state index in [2.05, 4.69) is 10.1 Å². The molecule has 0 aromatic carbocycles. The number of nitrogens with zero attached hydrogens (tertiary/aromatic N) is 2. The Morgan fingerprint density at radius 2 is 2.29 bits per heavy atom. The molecular weight excluding hydrogens is 188 g/mol. The van der Waals surface area contributed by atoms with E-state index in [1.165, 1.54) is 23.8 Å². The zero-order valence-corrected chi connectivity index (χ0v) is 7.01. The number of amides is 1. The Morgan fingerprint density at radius 1 is 1.57 bits per heavy atom. The molecule has 0 fully saturated rings. The molecule has 0 unspecified atom stereocenters. The van der Waals surface area contributed by atoms with Gasteiger partial charge in [0.15, 0.2) is 5.84 Å². The van der Waals surface area contributed by atoms with Crippen LogP contribution in [0.2, 0.25) is 0 Å². The van der Waals surface area contributed by atoms with Gasteiger partial charge in [-0.2, -0.15) is 0 Å². The minimum Gasteiger partial charge on any atom is -0.409 e. The van der Waals surface area contributed by atoms with Crippen molar-refractivity contribution in [2.75, 3.05) is 0 Å². The van der Waals surface area contributed by atoms with E-state index in [4.69, 9.17) is 16.1 Å². The average molecular weight is 196 g/mol. The molecule has 0 aliphatic rings. The van der Waals surface area contributed by atoms with E-state index in [0.717, 1.165) is 0 Å². The van der Waals surface area contributed by atoms with Gasteiger partial charge in [-0.25, -0.2) is 5.48 Å². The SMILES string of the molecule is N/C(=N\O)c1ccc(C(=O)NO)nc1. The highest BCUT2D eigenvalue weighted by molar-refractivity contribution is 5.97. The molecule has 1 aromatic rings. The molecule has 1 rings (SSSR count). The fraction of sp³-hybridized carbons (Fsp3) is 0. The maximum Gasteiger partial charge on any atom is 0.293 e. The van der Waals surface area contributed by atoms with E-state index in [0.29, 0.717) is 5.56 Å². The molecule has 0 spiro atoms. The lowest BCUT2D eigenvalue weighted by Gasteiger charge is -1.99. The molecule has 7 heteroatoms. The second-order valence-corrected chi connectivity index (χ2v) is 2.36. The van der Waals surface area contributed by atoms with Gasteiger partial charge in [-0.1, -0.05) is 5.16 Å². The van der Waals surface area contributed by atoms with Gasteiger partial charge in [0.2, 0.25) is 0 Å². The Kier molecular flexibility index (Phi) is 2.97. The number of aromatic nitrogens is 1. The molecule has 0 saturated heterocycles. The highest BCUT2D eigenvalue weighted by Crippen LogP contribution is 1.99. The largest absolute Gasteiger partial charge is 0.409 e. The minimum atomic E-state index is -0.726. The Hall–Kier alpha value is -2.15. The third-order valence-corrected chi connectivity index (χ3v) is 1.50. The van der Waals surface area contributed by atoms with Gasteiger partial charge < -0.3 is 10.9 Å². The molecule has 74 valence electrons. The number of hydrogen-bond donors (Lipinski definition) is 4. The molecule has 0 bridgehead atoms. The number of rotatable bonds is 2. The van der Waals surface area contributed by atoms with Gasteiger partial charge in [-0.05, 0) is 12.1 Å². The lowest BCUT2D eigenvalue weighted by molar-refractivity contribution is 0.0701. The molecule has 1 amide bonds. The first-order chi connectivity index (χ1) is 6.69. The van der Waals surface area contributed by atoms with Crippen LogP contribution < -0.4 is 11.2 Å². The van der Waals surface area contributed by atoms with Crippen molar-refractivity contribution in [1.29, 1.82) is 0 Å². The minimum absolute atomic E-state index is 0.0296. The van der Waals surface area contributed by atoms with Crippen LogP contribution in [0.25, 0.3) is 0 Å². The van der Waals surface area contributed by atoms with Crippen LogP contribution >= 0.6 is 0 Å². The van der Waals surface area contributed by atoms with E-state index in [1.807, 2.05) is 0 Å². The lowest BCUT2D eigenvalue weighted by Crippen LogP contribution is -2.20. The molecule has 0 atom stereocenters.